The standard InChI is InChI=1S/C17H27NO3/c1-5-8-9-17(19)18-13(4)14-10-11-15(20-6-2)16(12-14)21-7-3/h10-13H,5-9H2,1-4H3,(H,18,19). The van der Waals surface area contributed by atoms with Crippen LogP contribution in [0.1, 0.15) is 58.6 Å². The van der Waals surface area contributed by atoms with Crippen molar-refractivity contribution in [3.63, 3.8) is 0 Å². The predicted molar refractivity (Wildman–Crippen MR) is 84.9 cm³/mol. The number of nitrogens with one attached hydrogen (secondary N) is 1. The molecule has 1 aromatic carbocycles. The van der Waals surface area contributed by atoms with Gasteiger partial charge < -0.3 is 14.8 Å². The molecule has 0 heterocycles. The molecule has 0 spiro atoms. The highest BCUT2D eigenvalue weighted by Gasteiger charge is 2.13. The van der Waals surface area contributed by atoms with Crippen molar-refractivity contribution in [3.05, 3.63) is 23.8 Å². The van der Waals surface area contributed by atoms with Crippen LogP contribution in [0.2, 0.25) is 0 Å². The summed E-state index contributed by atoms with van der Waals surface area (Å²) in [6.07, 6.45) is 2.53. The summed E-state index contributed by atoms with van der Waals surface area (Å²) < 4.78 is 11.2. The molecule has 0 aromatic heterocycles. The van der Waals surface area contributed by atoms with Gasteiger partial charge in [-0.15, -0.1) is 0 Å². The normalized spacial score (nSPS) is 11.8. The summed E-state index contributed by atoms with van der Waals surface area (Å²) in [4.78, 5) is 11.8. The smallest absolute Gasteiger partial charge is 0.220 e. The first-order valence-corrected chi connectivity index (χ1v) is 7.81. The second kappa shape index (κ2) is 9.27. The molecule has 0 radical (unpaired) electrons. The Bertz CT molecular complexity index is 446. The molecule has 1 rings (SSSR count). The van der Waals surface area contributed by atoms with Crippen molar-refractivity contribution in [1.82, 2.24) is 5.32 Å². The monoisotopic (exact) mass is 293 g/mol. The minimum absolute atomic E-state index is 0.0377. The van der Waals surface area contributed by atoms with E-state index in [-0.39, 0.29) is 11.9 Å². The third kappa shape index (κ3) is 5.66. The van der Waals surface area contributed by atoms with E-state index in [0.717, 1.165) is 29.9 Å². The van der Waals surface area contributed by atoms with Crippen molar-refractivity contribution in [2.75, 3.05) is 13.2 Å². The molecule has 1 unspecified atom stereocenters. The van der Waals surface area contributed by atoms with Crippen LogP contribution in [-0.4, -0.2) is 19.1 Å². The Morgan fingerprint density at radius 3 is 2.43 bits per heavy atom. The summed E-state index contributed by atoms with van der Waals surface area (Å²) in [6, 6.07) is 5.78. The first-order chi connectivity index (χ1) is 10.1. The molecule has 4 heteroatoms. The van der Waals surface area contributed by atoms with Gasteiger partial charge in [-0.25, -0.2) is 0 Å². The van der Waals surface area contributed by atoms with E-state index in [1.807, 2.05) is 39.0 Å². The number of hydrogen-bond donors (Lipinski definition) is 1. The second-order valence-electron chi connectivity index (χ2n) is 4.96. The lowest BCUT2D eigenvalue weighted by Gasteiger charge is -2.17. The van der Waals surface area contributed by atoms with E-state index in [9.17, 15) is 4.79 Å². The first-order valence-electron chi connectivity index (χ1n) is 7.81. The molecule has 0 saturated heterocycles. The lowest BCUT2D eigenvalue weighted by atomic mass is 10.1. The van der Waals surface area contributed by atoms with Gasteiger partial charge in [0.15, 0.2) is 11.5 Å². The zero-order chi connectivity index (χ0) is 15.7. The molecule has 0 aliphatic carbocycles. The summed E-state index contributed by atoms with van der Waals surface area (Å²) in [5.41, 5.74) is 1.02. The Morgan fingerprint density at radius 2 is 1.81 bits per heavy atom. The highest BCUT2D eigenvalue weighted by molar-refractivity contribution is 5.76. The predicted octanol–water partition coefficient (Wildman–Crippen LogP) is 3.85. The molecule has 1 atom stereocenters. The van der Waals surface area contributed by atoms with Gasteiger partial charge in [0.1, 0.15) is 0 Å². The largest absolute Gasteiger partial charge is 0.490 e. The summed E-state index contributed by atoms with van der Waals surface area (Å²) in [5.74, 6) is 1.57. The second-order valence-corrected chi connectivity index (χ2v) is 4.96. The molecule has 21 heavy (non-hydrogen) atoms. The van der Waals surface area contributed by atoms with Crippen LogP contribution in [0.3, 0.4) is 0 Å². The Labute approximate surface area is 127 Å². The molecule has 0 bridgehead atoms. The molecule has 0 aliphatic rings. The maximum absolute atomic E-state index is 11.8. The van der Waals surface area contributed by atoms with Crippen LogP contribution in [0.15, 0.2) is 18.2 Å². The van der Waals surface area contributed by atoms with Crippen LogP contribution < -0.4 is 14.8 Å². The summed E-state index contributed by atoms with van der Waals surface area (Å²) in [6.45, 7) is 9.13. The van der Waals surface area contributed by atoms with E-state index in [0.29, 0.717) is 19.6 Å². The number of carbonyl (C=O) groups is 1. The number of amides is 1. The maximum atomic E-state index is 11.8. The van der Waals surface area contributed by atoms with E-state index in [1.54, 1.807) is 0 Å². The number of carbonyl (C=O) groups excluding carboxylic acids is 1. The van der Waals surface area contributed by atoms with Gasteiger partial charge in [-0.3, -0.25) is 4.79 Å². The van der Waals surface area contributed by atoms with Gasteiger partial charge in [0.25, 0.3) is 0 Å². The SMILES string of the molecule is CCCCC(=O)NC(C)c1ccc(OCC)c(OCC)c1. The molecule has 0 fully saturated rings. The highest BCUT2D eigenvalue weighted by Crippen LogP contribution is 2.30. The summed E-state index contributed by atoms with van der Waals surface area (Å²) in [5, 5.41) is 3.02. The third-order valence-electron chi connectivity index (χ3n) is 3.20. The molecular weight excluding hydrogens is 266 g/mol. The molecule has 118 valence electrons. The van der Waals surface area contributed by atoms with Crippen molar-refractivity contribution < 1.29 is 14.3 Å². The fourth-order valence-electron chi connectivity index (χ4n) is 2.07. The molecule has 1 amide bonds. The maximum Gasteiger partial charge on any atom is 0.220 e. The molecule has 1 aromatic rings. The fraction of sp³-hybridized carbons (Fsp3) is 0.588. The van der Waals surface area contributed by atoms with Gasteiger partial charge in [-0.1, -0.05) is 19.4 Å². The highest BCUT2D eigenvalue weighted by atomic mass is 16.5. The number of hydrogen-bond acceptors (Lipinski definition) is 3. The van der Waals surface area contributed by atoms with Crippen molar-refractivity contribution in [2.45, 2.75) is 53.0 Å². The molecule has 0 saturated carbocycles. The Kier molecular flexibility index (Phi) is 7.65. The van der Waals surface area contributed by atoms with Gasteiger partial charge in [-0.05, 0) is 44.9 Å². The number of ether oxygens (including phenoxy) is 2. The molecule has 1 N–H and O–H groups in total. The van der Waals surface area contributed by atoms with Gasteiger partial charge in [0.2, 0.25) is 5.91 Å². The van der Waals surface area contributed by atoms with Crippen LogP contribution in [-0.2, 0) is 4.79 Å². The average molecular weight is 293 g/mol. The number of benzene rings is 1. The summed E-state index contributed by atoms with van der Waals surface area (Å²) in [7, 11) is 0. The van der Waals surface area contributed by atoms with E-state index in [4.69, 9.17) is 9.47 Å². The number of unbranched alkanes of at least 4 members (excludes halogenated alkanes) is 1. The Hall–Kier alpha value is -1.71. The van der Waals surface area contributed by atoms with E-state index < -0.39 is 0 Å². The van der Waals surface area contributed by atoms with Crippen LogP contribution in [0.25, 0.3) is 0 Å². The van der Waals surface area contributed by atoms with Crippen LogP contribution >= 0.6 is 0 Å². The van der Waals surface area contributed by atoms with Crippen molar-refractivity contribution in [3.8, 4) is 11.5 Å². The topological polar surface area (TPSA) is 47.6 Å². The minimum Gasteiger partial charge on any atom is -0.490 e. The van der Waals surface area contributed by atoms with Gasteiger partial charge in [-0.2, -0.15) is 0 Å². The first kappa shape index (κ1) is 17.3. The van der Waals surface area contributed by atoms with Crippen molar-refractivity contribution >= 4 is 5.91 Å². The van der Waals surface area contributed by atoms with E-state index in [1.165, 1.54) is 0 Å². The lowest BCUT2D eigenvalue weighted by Crippen LogP contribution is -2.26. The van der Waals surface area contributed by atoms with Crippen molar-refractivity contribution in [2.24, 2.45) is 0 Å². The van der Waals surface area contributed by atoms with Crippen LogP contribution in [0.4, 0.5) is 0 Å². The molecule has 4 nitrogen and oxygen atoms in total. The zero-order valence-electron chi connectivity index (χ0n) is 13.6. The Balaban J connectivity index is 2.77. The Morgan fingerprint density at radius 1 is 1.14 bits per heavy atom. The van der Waals surface area contributed by atoms with Gasteiger partial charge in [0, 0.05) is 6.42 Å². The number of rotatable bonds is 9. The average Bonchev–Trinajstić information content (AvgIpc) is 2.47. The fourth-order valence-corrected chi connectivity index (χ4v) is 2.07. The van der Waals surface area contributed by atoms with Crippen LogP contribution in [0, 0.1) is 0 Å². The van der Waals surface area contributed by atoms with E-state index in [2.05, 4.69) is 12.2 Å². The summed E-state index contributed by atoms with van der Waals surface area (Å²) >= 11 is 0. The lowest BCUT2D eigenvalue weighted by molar-refractivity contribution is -0.121. The zero-order valence-corrected chi connectivity index (χ0v) is 13.6. The van der Waals surface area contributed by atoms with Crippen LogP contribution in [0.5, 0.6) is 11.5 Å². The molecule has 0 aliphatic heterocycles. The van der Waals surface area contributed by atoms with Crippen molar-refractivity contribution in [1.29, 1.82) is 0 Å². The third-order valence-corrected chi connectivity index (χ3v) is 3.20. The van der Waals surface area contributed by atoms with Gasteiger partial charge >= 0.3 is 0 Å². The quantitative estimate of drug-likeness (QED) is 0.752. The van der Waals surface area contributed by atoms with Gasteiger partial charge in [0.05, 0.1) is 19.3 Å². The minimum atomic E-state index is -0.0377. The molecular formula is C17H27NO3. The van der Waals surface area contributed by atoms with E-state index >= 15 is 0 Å².